The Morgan fingerprint density at radius 3 is 1.85 bits per heavy atom. The van der Waals surface area contributed by atoms with Crippen molar-refractivity contribution in [2.45, 2.75) is 57.7 Å². The normalized spacial score (nSPS) is 14.2. The van der Waals surface area contributed by atoms with Crippen LogP contribution in [-0.4, -0.2) is 63.2 Å². The second-order valence-corrected chi connectivity index (χ2v) is 6.23. The molecule has 0 aromatic carbocycles. The van der Waals surface area contributed by atoms with Crippen LogP contribution in [0.15, 0.2) is 0 Å². The van der Waals surface area contributed by atoms with Crippen LogP contribution in [0.3, 0.4) is 0 Å². The van der Waals surface area contributed by atoms with E-state index in [1.54, 1.807) is 13.8 Å². The van der Waals surface area contributed by atoms with E-state index in [2.05, 4.69) is 10.6 Å². The van der Waals surface area contributed by atoms with Gasteiger partial charge in [-0.05, 0) is 18.8 Å². The molecule has 0 fully saturated rings. The molecule has 0 aliphatic carbocycles. The van der Waals surface area contributed by atoms with Gasteiger partial charge in [0.25, 0.3) is 0 Å². The number of hydrogen-bond acceptors (Lipinski definition) is 6. The van der Waals surface area contributed by atoms with Gasteiger partial charge in [0.1, 0.15) is 12.1 Å². The van der Waals surface area contributed by atoms with Crippen LogP contribution in [0, 0.1) is 5.92 Å². The van der Waals surface area contributed by atoms with Crippen LogP contribution in [-0.2, 0) is 24.0 Å². The number of nitrogens with one attached hydrogen (secondary N) is 2. The van der Waals surface area contributed by atoms with Crippen LogP contribution in [0.4, 0.5) is 0 Å². The van der Waals surface area contributed by atoms with E-state index in [-0.39, 0.29) is 25.2 Å². The number of amides is 2. The largest absolute Gasteiger partial charge is 0.481 e. The fraction of sp³-hybridized carbons (Fsp3) is 0.667. The Morgan fingerprint density at radius 1 is 0.885 bits per heavy atom. The fourth-order valence-corrected chi connectivity index (χ4v) is 2.04. The number of carboxylic acids is 3. The molecule has 0 spiro atoms. The first-order chi connectivity index (χ1) is 11.9. The molecule has 3 atom stereocenters. The maximum Gasteiger partial charge on any atom is 0.326 e. The summed E-state index contributed by atoms with van der Waals surface area (Å²) in [7, 11) is 0. The third-order valence-corrected chi connectivity index (χ3v) is 3.34. The van der Waals surface area contributed by atoms with Crippen molar-refractivity contribution in [2.24, 2.45) is 11.7 Å². The second-order valence-electron chi connectivity index (χ2n) is 6.23. The molecule has 0 bridgehead atoms. The van der Waals surface area contributed by atoms with E-state index in [0.717, 1.165) is 0 Å². The zero-order valence-corrected chi connectivity index (χ0v) is 14.6. The third kappa shape index (κ3) is 9.57. The van der Waals surface area contributed by atoms with Crippen molar-refractivity contribution in [3.8, 4) is 0 Å². The van der Waals surface area contributed by atoms with Gasteiger partial charge >= 0.3 is 17.9 Å². The molecule has 0 heterocycles. The summed E-state index contributed by atoms with van der Waals surface area (Å²) in [4.78, 5) is 56.8. The number of aliphatic carboxylic acids is 3. The van der Waals surface area contributed by atoms with Crippen LogP contribution >= 0.6 is 0 Å². The SMILES string of the molecule is CC(C)C[C@H](NC(=O)[C@H](CC(=O)O)NC(=O)[C@@H](N)CCC(=O)O)C(=O)O. The van der Waals surface area contributed by atoms with Gasteiger partial charge in [0.2, 0.25) is 11.8 Å². The van der Waals surface area contributed by atoms with Gasteiger partial charge in [-0.1, -0.05) is 13.8 Å². The summed E-state index contributed by atoms with van der Waals surface area (Å²) in [6.07, 6.45) is -1.24. The van der Waals surface area contributed by atoms with Crippen LogP contribution in [0.5, 0.6) is 0 Å². The highest BCUT2D eigenvalue weighted by Gasteiger charge is 2.30. The Balaban J connectivity index is 5.02. The molecule has 0 aliphatic heterocycles. The number of hydrogen-bond donors (Lipinski definition) is 6. The van der Waals surface area contributed by atoms with Crippen LogP contribution in [0.1, 0.15) is 39.5 Å². The highest BCUT2D eigenvalue weighted by Crippen LogP contribution is 2.06. The topological polar surface area (TPSA) is 196 Å². The molecular weight excluding hydrogens is 350 g/mol. The Morgan fingerprint density at radius 2 is 1.42 bits per heavy atom. The van der Waals surface area contributed by atoms with Crippen molar-refractivity contribution in [3.05, 3.63) is 0 Å². The van der Waals surface area contributed by atoms with Gasteiger partial charge in [-0.2, -0.15) is 0 Å². The van der Waals surface area contributed by atoms with E-state index in [9.17, 15) is 24.0 Å². The summed E-state index contributed by atoms with van der Waals surface area (Å²) in [5.41, 5.74) is 5.51. The molecule has 26 heavy (non-hydrogen) atoms. The molecule has 0 rings (SSSR count). The summed E-state index contributed by atoms with van der Waals surface area (Å²) in [6, 6.07) is -4.03. The van der Waals surface area contributed by atoms with E-state index in [4.69, 9.17) is 21.1 Å². The van der Waals surface area contributed by atoms with Crippen molar-refractivity contribution >= 4 is 29.7 Å². The monoisotopic (exact) mass is 375 g/mol. The van der Waals surface area contributed by atoms with Gasteiger partial charge in [-0.15, -0.1) is 0 Å². The predicted molar refractivity (Wildman–Crippen MR) is 88.1 cm³/mol. The minimum atomic E-state index is -1.54. The summed E-state index contributed by atoms with van der Waals surface area (Å²) in [5, 5.41) is 30.9. The number of carboxylic acid groups (broad SMARTS) is 3. The summed E-state index contributed by atoms with van der Waals surface area (Å²) in [5.74, 6) is -5.76. The lowest BCUT2D eigenvalue weighted by Crippen LogP contribution is -2.55. The van der Waals surface area contributed by atoms with Gasteiger partial charge < -0.3 is 31.7 Å². The highest BCUT2D eigenvalue weighted by atomic mass is 16.4. The lowest BCUT2D eigenvalue weighted by atomic mass is 10.0. The van der Waals surface area contributed by atoms with Gasteiger partial charge in [0.15, 0.2) is 0 Å². The van der Waals surface area contributed by atoms with Crippen molar-refractivity contribution < 1.29 is 39.3 Å². The van der Waals surface area contributed by atoms with E-state index >= 15 is 0 Å². The number of nitrogens with two attached hydrogens (primary N) is 1. The second kappa shape index (κ2) is 11.0. The van der Waals surface area contributed by atoms with E-state index in [1.807, 2.05) is 0 Å². The molecule has 0 saturated carbocycles. The van der Waals surface area contributed by atoms with Crippen molar-refractivity contribution in [1.29, 1.82) is 0 Å². The molecule has 0 radical (unpaired) electrons. The van der Waals surface area contributed by atoms with Gasteiger partial charge in [-0.25, -0.2) is 4.79 Å². The summed E-state index contributed by atoms with van der Waals surface area (Å²) >= 11 is 0. The minimum absolute atomic E-state index is 0.0478. The zero-order valence-electron chi connectivity index (χ0n) is 14.6. The zero-order chi connectivity index (χ0) is 20.4. The van der Waals surface area contributed by atoms with Crippen molar-refractivity contribution in [2.75, 3.05) is 0 Å². The molecule has 2 amide bonds. The molecule has 0 aliphatic rings. The molecule has 148 valence electrons. The molecule has 11 heteroatoms. The molecular formula is C15H25N3O8. The summed E-state index contributed by atoms with van der Waals surface area (Å²) in [6.45, 7) is 3.50. The average Bonchev–Trinajstić information content (AvgIpc) is 2.49. The predicted octanol–water partition coefficient (Wildman–Crippen LogP) is -1.25. The maximum absolute atomic E-state index is 12.2. The maximum atomic E-state index is 12.2. The lowest BCUT2D eigenvalue weighted by molar-refractivity contribution is -0.143. The van der Waals surface area contributed by atoms with Gasteiger partial charge in [0, 0.05) is 6.42 Å². The average molecular weight is 375 g/mol. The minimum Gasteiger partial charge on any atom is -0.481 e. The molecule has 0 aromatic heterocycles. The smallest absolute Gasteiger partial charge is 0.326 e. The van der Waals surface area contributed by atoms with Crippen molar-refractivity contribution in [1.82, 2.24) is 10.6 Å². The molecule has 0 saturated heterocycles. The van der Waals surface area contributed by atoms with E-state index in [1.165, 1.54) is 0 Å². The quantitative estimate of drug-likeness (QED) is 0.241. The summed E-state index contributed by atoms with van der Waals surface area (Å²) < 4.78 is 0. The van der Waals surface area contributed by atoms with Gasteiger partial charge in [0.05, 0.1) is 12.5 Å². The molecule has 0 unspecified atom stereocenters. The highest BCUT2D eigenvalue weighted by molar-refractivity contribution is 5.94. The van der Waals surface area contributed by atoms with Crippen molar-refractivity contribution in [3.63, 3.8) is 0 Å². The first-order valence-electron chi connectivity index (χ1n) is 7.96. The van der Waals surface area contributed by atoms with Gasteiger partial charge in [-0.3, -0.25) is 19.2 Å². The van der Waals surface area contributed by atoms with Crippen LogP contribution in [0.2, 0.25) is 0 Å². The Hall–Kier alpha value is -2.69. The van der Waals surface area contributed by atoms with E-state index < -0.39 is 54.3 Å². The molecule has 7 N–H and O–H groups in total. The number of carbonyl (C=O) groups excluding carboxylic acids is 2. The van der Waals surface area contributed by atoms with Crippen LogP contribution < -0.4 is 16.4 Å². The first-order valence-corrected chi connectivity index (χ1v) is 7.96. The van der Waals surface area contributed by atoms with Crippen LogP contribution in [0.25, 0.3) is 0 Å². The first kappa shape index (κ1) is 23.3. The lowest BCUT2D eigenvalue weighted by Gasteiger charge is -2.22. The Kier molecular flexibility index (Phi) is 9.89. The Labute approximate surface area is 149 Å². The Bertz CT molecular complexity index is 549. The number of rotatable bonds is 12. The van der Waals surface area contributed by atoms with E-state index in [0.29, 0.717) is 0 Å². The standard InChI is InChI=1S/C15H25N3O8/c1-7(2)5-10(15(25)26)18-14(24)9(6-12(21)22)17-13(23)8(16)3-4-11(19)20/h7-10H,3-6,16H2,1-2H3,(H,17,23)(H,18,24)(H,19,20)(H,21,22)(H,25,26)/t8-,9-,10-/m0/s1. The molecule has 0 aromatic rings. The molecule has 11 nitrogen and oxygen atoms in total. The number of carbonyl (C=O) groups is 5. The fourth-order valence-electron chi connectivity index (χ4n) is 2.04. The third-order valence-electron chi connectivity index (χ3n) is 3.34.